The Morgan fingerprint density at radius 1 is 1.50 bits per heavy atom. The molecule has 0 saturated carbocycles. The summed E-state index contributed by atoms with van der Waals surface area (Å²) in [7, 11) is 0. The summed E-state index contributed by atoms with van der Waals surface area (Å²) >= 11 is 1.54. The van der Waals surface area contributed by atoms with Gasteiger partial charge in [0.2, 0.25) is 0 Å². The molecule has 6 nitrogen and oxygen atoms in total. The van der Waals surface area contributed by atoms with E-state index in [0.29, 0.717) is 31.6 Å². The van der Waals surface area contributed by atoms with E-state index in [2.05, 4.69) is 15.3 Å². The maximum Gasteiger partial charge on any atom is 0.269 e. The minimum atomic E-state index is -0.889. The zero-order valence-electron chi connectivity index (χ0n) is 12.9. The van der Waals surface area contributed by atoms with Crippen LogP contribution < -0.4 is 5.32 Å². The number of hydrogen-bond acceptors (Lipinski definition) is 6. The van der Waals surface area contributed by atoms with Crippen molar-refractivity contribution in [3.63, 3.8) is 0 Å². The molecule has 8 heteroatoms. The molecule has 0 radical (unpaired) electrons. The van der Waals surface area contributed by atoms with Crippen molar-refractivity contribution < 1.29 is 9.18 Å². The summed E-state index contributed by atoms with van der Waals surface area (Å²) in [5, 5.41) is 14.4. The second-order valence-corrected chi connectivity index (χ2v) is 6.58. The molecular weight excluding hydrogens is 329 g/mol. The summed E-state index contributed by atoms with van der Waals surface area (Å²) in [5.41, 5.74) is 0.646. The molecule has 1 saturated heterocycles. The van der Waals surface area contributed by atoms with Gasteiger partial charge in [-0.3, -0.25) is 9.69 Å². The van der Waals surface area contributed by atoms with Gasteiger partial charge in [-0.05, 0) is 18.6 Å². The molecule has 3 rings (SSSR count). The van der Waals surface area contributed by atoms with E-state index in [4.69, 9.17) is 5.26 Å². The summed E-state index contributed by atoms with van der Waals surface area (Å²) in [5.74, 6) is -0.323. The molecule has 1 N–H and O–H groups in total. The van der Waals surface area contributed by atoms with Crippen molar-refractivity contribution >= 4 is 17.2 Å². The highest BCUT2D eigenvalue weighted by molar-refractivity contribution is 7.09. The number of nitrogens with zero attached hydrogens (tertiary/aromatic N) is 4. The van der Waals surface area contributed by atoms with Gasteiger partial charge in [0.1, 0.15) is 22.9 Å². The third kappa shape index (κ3) is 3.93. The smallest absolute Gasteiger partial charge is 0.269 e. The molecule has 1 aliphatic heterocycles. The van der Waals surface area contributed by atoms with Crippen LogP contribution >= 0.6 is 11.3 Å². The van der Waals surface area contributed by atoms with Gasteiger partial charge >= 0.3 is 0 Å². The zero-order valence-corrected chi connectivity index (χ0v) is 13.7. The number of nitriles is 1. The topological polar surface area (TPSA) is 81.9 Å². The maximum atomic E-state index is 13.8. The van der Waals surface area contributed by atoms with E-state index in [9.17, 15) is 9.18 Å². The van der Waals surface area contributed by atoms with Crippen LogP contribution in [0.5, 0.6) is 0 Å². The van der Waals surface area contributed by atoms with Crippen molar-refractivity contribution in [3.8, 4) is 6.07 Å². The highest BCUT2D eigenvalue weighted by Gasteiger charge is 2.32. The number of amides is 1. The number of aromatic nitrogens is 2. The predicted octanol–water partition coefficient (Wildman–Crippen LogP) is 1.75. The number of carbonyl (C=O) groups excluding carboxylic acids is 1. The Bertz CT molecular complexity index is 728. The van der Waals surface area contributed by atoms with Crippen molar-refractivity contribution in [2.45, 2.75) is 25.2 Å². The number of rotatable bonds is 5. The van der Waals surface area contributed by atoms with Crippen LogP contribution in [-0.4, -0.2) is 46.1 Å². The maximum absolute atomic E-state index is 13.8. The molecule has 0 aromatic carbocycles. The van der Waals surface area contributed by atoms with Gasteiger partial charge in [-0.1, -0.05) is 0 Å². The summed E-state index contributed by atoms with van der Waals surface area (Å²) in [6, 6.07) is 4.94. The summed E-state index contributed by atoms with van der Waals surface area (Å²) < 4.78 is 13.8. The molecular formula is C16H16FN5OS. The van der Waals surface area contributed by atoms with Crippen LogP contribution in [0.3, 0.4) is 0 Å². The minimum Gasteiger partial charge on any atom is -0.349 e. The molecule has 1 amide bonds. The van der Waals surface area contributed by atoms with Gasteiger partial charge in [0.05, 0.1) is 12.1 Å². The van der Waals surface area contributed by atoms with E-state index in [0.717, 1.165) is 5.01 Å². The standard InChI is InChI=1S/C16H16FN5OS/c17-12-5-13(22(9-12)10-15-19-3-4-24-15)8-21-16(23)14-2-1-11(6-18)7-20-14/h1-4,7,12-13H,5,8-10H2,(H,21,23)/t12-,13-/m0/s1. The number of likely N-dealkylation sites (tertiary alicyclic amines) is 1. The van der Waals surface area contributed by atoms with Crippen molar-refractivity contribution in [2.75, 3.05) is 13.1 Å². The molecule has 0 bridgehead atoms. The first-order valence-electron chi connectivity index (χ1n) is 7.56. The predicted molar refractivity (Wildman–Crippen MR) is 87.1 cm³/mol. The Kier molecular flexibility index (Phi) is 5.13. The highest BCUT2D eigenvalue weighted by Crippen LogP contribution is 2.23. The van der Waals surface area contributed by atoms with Crippen molar-refractivity contribution in [3.05, 3.63) is 46.2 Å². The lowest BCUT2D eigenvalue weighted by molar-refractivity contribution is 0.0935. The van der Waals surface area contributed by atoms with E-state index in [-0.39, 0.29) is 17.6 Å². The lowest BCUT2D eigenvalue weighted by Crippen LogP contribution is -2.40. The van der Waals surface area contributed by atoms with Crippen LogP contribution in [-0.2, 0) is 6.54 Å². The van der Waals surface area contributed by atoms with Crippen molar-refractivity contribution in [2.24, 2.45) is 0 Å². The number of hydrogen-bond donors (Lipinski definition) is 1. The molecule has 2 aromatic rings. The van der Waals surface area contributed by atoms with Gasteiger partial charge in [-0.25, -0.2) is 14.4 Å². The quantitative estimate of drug-likeness (QED) is 0.893. The second-order valence-electron chi connectivity index (χ2n) is 5.60. The zero-order chi connectivity index (χ0) is 16.9. The molecule has 0 aliphatic carbocycles. The molecule has 2 aromatic heterocycles. The van der Waals surface area contributed by atoms with Crippen LogP contribution in [0.4, 0.5) is 4.39 Å². The number of halogens is 1. The number of pyridine rings is 1. The lowest BCUT2D eigenvalue weighted by atomic mass is 10.2. The first kappa shape index (κ1) is 16.5. The number of carbonyl (C=O) groups is 1. The van der Waals surface area contributed by atoms with Gasteiger partial charge < -0.3 is 5.32 Å². The summed E-state index contributed by atoms with van der Waals surface area (Å²) in [4.78, 5) is 22.3. The molecule has 0 unspecified atom stereocenters. The Hall–Kier alpha value is -2.37. The van der Waals surface area contributed by atoms with Crippen molar-refractivity contribution in [1.82, 2.24) is 20.2 Å². The van der Waals surface area contributed by atoms with Crippen molar-refractivity contribution in [1.29, 1.82) is 5.26 Å². The van der Waals surface area contributed by atoms with Crippen LogP contribution in [0.2, 0.25) is 0 Å². The van der Waals surface area contributed by atoms with Crippen LogP contribution in [0.25, 0.3) is 0 Å². The fourth-order valence-corrected chi connectivity index (χ4v) is 3.37. The average molecular weight is 345 g/mol. The summed E-state index contributed by atoms with van der Waals surface area (Å²) in [6.07, 6.45) is 2.60. The average Bonchev–Trinajstić information content (AvgIpc) is 3.22. The van der Waals surface area contributed by atoms with E-state index >= 15 is 0 Å². The molecule has 2 atom stereocenters. The van der Waals surface area contributed by atoms with Gasteiger partial charge in [0, 0.05) is 36.9 Å². The molecule has 0 spiro atoms. The van der Waals surface area contributed by atoms with E-state index < -0.39 is 6.17 Å². The molecule has 124 valence electrons. The van der Waals surface area contributed by atoms with Gasteiger partial charge in [0.15, 0.2) is 0 Å². The first-order chi connectivity index (χ1) is 11.7. The van der Waals surface area contributed by atoms with E-state index in [1.807, 2.05) is 16.3 Å². The summed E-state index contributed by atoms with van der Waals surface area (Å²) in [6.45, 7) is 1.30. The van der Waals surface area contributed by atoms with Crippen LogP contribution in [0.1, 0.15) is 27.5 Å². The minimum absolute atomic E-state index is 0.0637. The van der Waals surface area contributed by atoms with Gasteiger partial charge in [-0.2, -0.15) is 5.26 Å². The fourth-order valence-electron chi connectivity index (χ4n) is 2.73. The Balaban J connectivity index is 1.57. The van der Waals surface area contributed by atoms with Gasteiger partial charge in [-0.15, -0.1) is 11.3 Å². The Morgan fingerprint density at radius 3 is 3.04 bits per heavy atom. The SMILES string of the molecule is N#Cc1ccc(C(=O)NC[C@@H]2C[C@H](F)CN2Cc2nccs2)nc1. The van der Waals surface area contributed by atoms with E-state index in [1.165, 1.54) is 23.6 Å². The molecule has 3 heterocycles. The van der Waals surface area contributed by atoms with Gasteiger partial charge in [0.25, 0.3) is 5.91 Å². The lowest BCUT2D eigenvalue weighted by Gasteiger charge is -2.23. The highest BCUT2D eigenvalue weighted by atomic mass is 32.1. The number of nitrogens with one attached hydrogen (secondary N) is 1. The van der Waals surface area contributed by atoms with Crippen LogP contribution in [0.15, 0.2) is 29.9 Å². The third-order valence-corrected chi connectivity index (χ3v) is 4.69. The van der Waals surface area contributed by atoms with Crippen LogP contribution in [0, 0.1) is 11.3 Å². The number of alkyl halides is 1. The molecule has 24 heavy (non-hydrogen) atoms. The molecule has 1 fully saturated rings. The Labute approximate surface area is 143 Å². The largest absolute Gasteiger partial charge is 0.349 e. The third-order valence-electron chi connectivity index (χ3n) is 3.92. The van der Waals surface area contributed by atoms with E-state index in [1.54, 1.807) is 12.3 Å². The molecule has 1 aliphatic rings. The normalized spacial score (nSPS) is 20.7. The fraction of sp³-hybridized carbons (Fsp3) is 0.375. The monoisotopic (exact) mass is 345 g/mol. The Morgan fingerprint density at radius 2 is 2.38 bits per heavy atom. The first-order valence-corrected chi connectivity index (χ1v) is 8.44. The number of thiazole rings is 1. The second kappa shape index (κ2) is 7.47.